The van der Waals surface area contributed by atoms with E-state index < -0.39 is 5.91 Å². The Morgan fingerprint density at radius 2 is 1.98 bits per heavy atom. The summed E-state index contributed by atoms with van der Waals surface area (Å²) in [6.45, 7) is 2.40. The van der Waals surface area contributed by atoms with Crippen LogP contribution < -0.4 is 27.1 Å². The Balaban J connectivity index is 1.20. The minimum absolute atomic E-state index is 0.141. The number of benzene rings is 1. The molecule has 2 aliphatic rings. The highest BCUT2D eigenvalue weighted by atomic mass is 16.5. The van der Waals surface area contributed by atoms with E-state index in [-0.39, 0.29) is 28.7 Å². The van der Waals surface area contributed by atoms with Crippen molar-refractivity contribution < 1.29 is 24.1 Å². The molecule has 0 unspecified atom stereocenters. The molecule has 1 aliphatic heterocycles. The molecule has 8 rings (SSSR count). The van der Waals surface area contributed by atoms with Gasteiger partial charge in [-0.2, -0.15) is 0 Å². The number of hydrogen-bond acceptors (Lipinski definition) is 10. The van der Waals surface area contributed by atoms with Crippen molar-refractivity contribution in [3.63, 3.8) is 0 Å². The standard InChI is InChI=1S/C32H33N9O5/c33-21-3-1-2-4-22(21)37-32-38-23(26(30(34)43)31-39-36-16-41(31)32)13-17-5-6-18(19-7-8-35-27(17)19)20-15-45-29-24(42)14-25(46-28(20)29)40-9-11-44-12-10-40/h5-8,14-16,21-22,35H,1-4,9-13,33H2,(H2,34,43)(H,37,38)/p+1/t21-,22+/m1/s1. The maximum absolute atomic E-state index is 13.0. The van der Waals surface area contributed by atoms with E-state index in [2.05, 4.69) is 26.2 Å². The van der Waals surface area contributed by atoms with E-state index in [4.69, 9.17) is 24.3 Å². The van der Waals surface area contributed by atoms with E-state index in [1.165, 1.54) is 12.4 Å². The molecule has 14 nitrogen and oxygen atoms in total. The first-order valence-electron chi connectivity index (χ1n) is 15.6. The number of quaternary nitrogens is 1. The fourth-order valence-corrected chi connectivity index (χ4v) is 6.81. The number of primary amides is 1. The van der Waals surface area contributed by atoms with Crippen molar-refractivity contribution in [1.29, 1.82) is 0 Å². The average molecular weight is 625 g/mol. The Morgan fingerprint density at radius 1 is 1.13 bits per heavy atom. The summed E-state index contributed by atoms with van der Waals surface area (Å²) in [6.07, 6.45) is 9.54. The number of fused-ring (bicyclic) bond motifs is 3. The number of nitrogens with one attached hydrogen (secondary N) is 2. The first kappa shape index (κ1) is 28.3. The van der Waals surface area contributed by atoms with Gasteiger partial charge in [0.25, 0.3) is 5.91 Å². The number of anilines is 2. The molecular formula is C32H34N9O5+. The molecular weight excluding hydrogens is 590 g/mol. The molecule has 1 amide bonds. The Labute approximate surface area is 261 Å². The lowest BCUT2D eigenvalue weighted by Crippen LogP contribution is -2.68. The molecule has 1 aromatic carbocycles. The lowest BCUT2D eigenvalue weighted by molar-refractivity contribution is -0.427. The molecule has 14 heteroatoms. The van der Waals surface area contributed by atoms with E-state index in [9.17, 15) is 9.59 Å². The van der Waals surface area contributed by atoms with E-state index in [0.29, 0.717) is 67.0 Å². The number of hydrogen-bond donors (Lipinski definition) is 4. The lowest BCUT2D eigenvalue weighted by Gasteiger charge is -2.27. The summed E-state index contributed by atoms with van der Waals surface area (Å²) >= 11 is 0. The summed E-state index contributed by atoms with van der Waals surface area (Å²) in [5.41, 5.74) is 14.9. The van der Waals surface area contributed by atoms with Gasteiger partial charge in [0.2, 0.25) is 17.0 Å². The van der Waals surface area contributed by atoms with Crippen LogP contribution in [0.25, 0.3) is 38.8 Å². The Morgan fingerprint density at radius 3 is 2.80 bits per heavy atom. The van der Waals surface area contributed by atoms with Gasteiger partial charge in [-0.25, -0.2) is 4.98 Å². The van der Waals surface area contributed by atoms with Gasteiger partial charge in [0.05, 0.1) is 36.6 Å². The van der Waals surface area contributed by atoms with Crippen molar-refractivity contribution in [2.45, 2.75) is 44.2 Å². The van der Waals surface area contributed by atoms with Crippen molar-refractivity contribution >= 4 is 45.5 Å². The summed E-state index contributed by atoms with van der Waals surface area (Å²) in [5, 5.41) is 12.8. The number of rotatable bonds is 7. The zero-order valence-electron chi connectivity index (χ0n) is 25.1. The monoisotopic (exact) mass is 624 g/mol. The van der Waals surface area contributed by atoms with Crippen LogP contribution in [0.1, 0.15) is 47.3 Å². The van der Waals surface area contributed by atoms with Crippen LogP contribution in [0, 0.1) is 0 Å². The van der Waals surface area contributed by atoms with Crippen molar-refractivity contribution in [2.24, 2.45) is 5.73 Å². The van der Waals surface area contributed by atoms with Crippen LogP contribution in [-0.2, 0) is 11.2 Å². The fourth-order valence-electron chi connectivity index (χ4n) is 6.81. The van der Waals surface area contributed by atoms with E-state index in [1.807, 2.05) is 29.3 Å². The molecule has 6 aromatic rings. The maximum Gasteiger partial charge on any atom is 0.254 e. The predicted molar refractivity (Wildman–Crippen MR) is 170 cm³/mol. The third kappa shape index (κ3) is 4.77. The summed E-state index contributed by atoms with van der Waals surface area (Å²) in [6, 6.07) is 7.75. The number of aromatic nitrogens is 5. The molecule has 5 aromatic heterocycles. The van der Waals surface area contributed by atoms with Crippen LogP contribution in [-0.4, -0.2) is 68.9 Å². The number of aromatic amines is 1. The van der Waals surface area contributed by atoms with E-state index >= 15 is 0 Å². The number of amides is 1. The van der Waals surface area contributed by atoms with Crippen LogP contribution >= 0.6 is 0 Å². The Hall–Kier alpha value is -5.21. The molecule has 2 atom stereocenters. The highest BCUT2D eigenvalue weighted by molar-refractivity contribution is 6.03. The molecule has 1 saturated heterocycles. The third-order valence-electron chi connectivity index (χ3n) is 9.21. The average Bonchev–Trinajstić information content (AvgIpc) is 3.83. The van der Waals surface area contributed by atoms with Crippen molar-refractivity contribution in [1.82, 2.24) is 24.6 Å². The molecule has 1 saturated carbocycles. The van der Waals surface area contributed by atoms with Crippen LogP contribution in [0.3, 0.4) is 0 Å². The number of carbonyl (C=O) groups is 1. The second kappa shape index (κ2) is 11.3. The van der Waals surface area contributed by atoms with Crippen molar-refractivity contribution in [3.05, 3.63) is 70.1 Å². The minimum atomic E-state index is -0.630. The number of furan rings is 1. The summed E-state index contributed by atoms with van der Waals surface area (Å²) in [7, 11) is 0. The molecule has 46 heavy (non-hydrogen) atoms. The summed E-state index contributed by atoms with van der Waals surface area (Å²) in [5.74, 6) is 0.410. The quantitative estimate of drug-likeness (QED) is 0.205. The normalized spacial score (nSPS) is 18.9. The number of ether oxygens (including phenoxy) is 1. The van der Waals surface area contributed by atoms with Crippen LogP contribution in [0.4, 0.5) is 11.8 Å². The van der Waals surface area contributed by atoms with E-state index in [1.54, 1.807) is 10.7 Å². The molecule has 0 bridgehead atoms. The zero-order chi connectivity index (χ0) is 31.4. The van der Waals surface area contributed by atoms with Gasteiger partial charge in [0.15, 0.2) is 17.1 Å². The molecule has 236 valence electrons. The number of morpholine rings is 1. The van der Waals surface area contributed by atoms with Crippen LogP contribution in [0.2, 0.25) is 0 Å². The SMILES string of the molecule is NC(=O)c1c(Cc2ccc(-c3coc4c(=O)cc(N5CCOCC5)oc34)c3cc[nH]c23)nc(N[C@H]2CCCC[C@H]2[NH3+])n2cnnc12. The molecule has 1 aliphatic carbocycles. The second-order valence-electron chi connectivity index (χ2n) is 12.0. The highest BCUT2D eigenvalue weighted by Gasteiger charge is 2.28. The summed E-state index contributed by atoms with van der Waals surface area (Å²) < 4.78 is 19.2. The third-order valence-corrected chi connectivity index (χ3v) is 9.21. The first-order chi connectivity index (χ1) is 22.5. The van der Waals surface area contributed by atoms with Crippen LogP contribution in [0.15, 0.2) is 56.7 Å². The fraction of sp³-hybridized carbons (Fsp3) is 0.344. The predicted octanol–water partition coefficient (Wildman–Crippen LogP) is 2.46. The lowest BCUT2D eigenvalue weighted by atomic mass is 9.91. The highest BCUT2D eigenvalue weighted by Crippen LogP contribution is 2.37. The second-order valence-corrected chi connectivity index (χ2v) is 12.0. The van der Waals surface area contributed by atoms with Gasteiger partial charge >= 0.3 is 0 Å². The zero-order valence-corrected chi connectivity index (χ0v) is 25.1. The van der Waals surface area contributed by atoms with Crippen LogP contribution in [0.5, 0.6) is 0 Å². The topological polar surface area (TPSA) is 197 Å². The van der Waals surface area contributed by atoms with Gasteiger partial charge in [0, 0.05) is 43.0 Å². The smallest absolute Gasteiger partial charge is 0.254 e. The van der Waals surface area contributed by atoms with E-state index in [0.717, 1.165) is 47.7 Å². The molecule has 6 heterocycles. The van der Waals surface area contributed by atoms with Gasteiger partial charge in [-0.05, 0) is 30.0 Å². The molecule has 0 radical (unpaired) electrons. The number of nitrogens with two attached hydrogens (primary N) is 1. The number of nitrogens with zero attached hydrogens (tertiary/aromatic N) is 5. The Kier molecular flexibility index (Phi) is 6.95. The number of H-pyrrole nitrogens is 1. The van der Waals surface area contributed by atoms with Crippen molar-refractivity contribution in [3.8, 4) is 11.1 Å². The Bertz CT molecular complexity index is 2160. The molecule has 7 N–H and O–H groups in total. The maximum atomic E-state index is 13.0. The van der Waals surface area contributed by atoms with Gasteiger partial charge in [-0.15, -0.1) is 10.2 Å². The van der Waals surface area contributed by atoms with Crippen molar-refractivity contribution in [2.75, 3.05) is 36.5 Å². The van der Waals surface area contributed by atoms with Gasteiger partial charge < -0.3 is 40.2 Å². The summed E-state index contributed by atoms with van der Waals surface area (Å²) in [4.78, 5) is 36.1. The molecule has 0 spiro atoms. The number of carbonyl (C=O) groups excluding carboxylic acids is 1. The van der Waals surface area contributed by atoms with Gasteiger partial charge in [0.1, 0.15) is 24.2 Å². The van der Waals surface area contributed by atoms with Gasteiger partial charge in [-0.1, -0.05) is 18.6 Å². The van der Waals surface area contributed by atoms with Gasteiger partial charge in [-0.3, -0.25) is 14.0 Å². The first-order valence-corrected chi connectivity index (χ1v) is 15.6. The molecule has 2 fully saturated rings. The largest absolute Gasteiger partial charge is 0.456 e. The minimum Gasteiger partial charge on any atom is -0.456 e.